The molecular formula is C22H18FN3O2S2. The Kier molecular flexibility index (Phi) is 5.96. The molecule has 0 unspecified atom stereocenters. The number of aromatic amines is 1. The molecule has 4 aromatic rings. The summed E-state index contributed by atoms with van der Waals surface area (Å²) in [6, 6.07) is 14.3. The van der Waals surface area contributed by atoms with Crippen LogP contribution in [0, 0.1) is 12.7 Å². The van der Waals surface area contributed by atoms with Crippen LogP contribution in [-0.4, -0.2) is 21.6 Å². The second-order valence-electron chi connectivity index (χ2n) is 6.73. The number of rotatable bonds is 6. The lowest BCUT2D eigenvalue weighted by Crippen LogP contribution is -2.16. The fourth-order valence-corrected chi connectivity index (χ4v) is 4.71. The minimum absolute atomic E-state index is 0.120. The maximum Gasteiger partial charge on any atom is 0.260 e. The van der Waals surface area contributed by atoms with E-state index >= 15 is 0 Å². The van der Waals surface area contributed by atoms with E-state index in [1.165, 1.54) is 29.2 Å². The SMILES string of the molecule is Cc1ccc(F)c(NC(=O)CSCc2nc3scc(-c4ccccc4)c3c(=O)[nH]2)c1. The number of H-pyrrole nitrogens is 1. The number of hydrogen-bond acceptors (Lipinski definition) is 5. The van der Waals surface area contributed by atoms with Crippen LogP contribution in [-0.2, 0) is 10.5 Å². The molecule has 0 atom stereocenters. The van der Waals surface area contributed by atoms with Gasteiger partial charge in [0.2, 0.25) is 5.91 Å². The molecule has 1 amide bonds. The largest absolute Gasteiger partial charge is 0.323 e. The number of carbonyl (C=O) groups excluding carboxylic acids is 1. The van der Waals surface area contributed by atoms with Crippen molar-refractivity contribution in [3.63, 3.8) is 0 Å². The van der Waals surface area contributed by atoms with Gasteiger partial charge in [0, 0.05) is 10.9 Å². The van der Waals surface area contributed by atoms with E-state index in [1.54, 1.807) is 12.1 Å². The van der Waals surface area contributed by atoms with Gasteiger partial charge in [-0.2, -0.15) is 0 Å². The lowest BCUT2D eigenvalue weighted by molar-refractivity contribution is -0.113. The van der Waals surface area contributed by atoms with Crippen LogP contribution < -0.4 is 10.9 Å². The third-order valence-corrected chi connectivity index (χ3v) is 6.26. The first-order valence-corrected chi connectivity index (χ1v) is 11.2. The number of amides is 1. The van der Waals surface area contributed by atoms with Crippen molar-refractivity contribution in [1.29, 1.82) is 0 Å². The first-order chi connectivity index (χ1) is 14.5. The normalized spacial score (nSPS) is 11.0. The van der Waals surface area contributed by atoms with Gasteiger partial charge >= 0.3 is 0 Å². The van der Waals surface area contributed by atoms with Crippen LogP contribution in [0.25, 0.3) is 21.3 Å². The Hall–Kier alpha value is -2.97. The summed E-state index contributed by atoms with van der Waals surface area (Å²) in [6.45, 7) is 1.83. The maximum absolute atomic E-state index is 13.8. The Morgan fingerprint density at radius 2 is 2.03 bits per heavy atom. The first kappa shape index (κ1) is 20.3. The summed E-state index contributed by atoms with van der Waals surface area (Å²) in [7, 11) is 0. The van der Waals surface area contributed by atoms with Crippen LogP contribution in [0.2, 0.25) is 0 Å². The molecule has 4 rings (SSSR count). The average molecular weight is 440 g/mol. The predicted molar refractivity (Wildman–Crippen MR) is 122 cm³/mol. The Bertz CT molecular complexity index is 1270. The predicted octanol–water partition coefficient (Wildman–Crippen LogP) is 4.97. The van der Waals surface area contributed by atoms with Gasteiger partial charge < -0.3 is 10.3 Å². The van der Waals surface area contributed by atoms with E-state index < -0.39 is 5.82 Å². The van der Waals surface area contributed by atoms with Gasteiger partial charge in [0.1, 0.15) is 16.5 Å². The van der Waals surface area contributed by atoms with Crippen LogP contribution in [0.4, 0.5) is 10.1 Å². The Morgan fingerprint density at radius 1 is 1.23 bits per heavy atom. The number of nitrogens with one attached hydrogen (secondary N) is 2. The van der Waals surface area contributed by atoms with Crippen molar-refractivity contribution in [2.45, 2.75) is 12.7 Å². The number of aryl methyl sites for hydroxylation is 1. The van der Waals surface area contributed by atoms with Crippen molar-refractivity contribution in [3.8, 4) is 11.1 Å². The molecule has 0 aliphatic rings. The van der Waals surface area contributed by atoms with Crippen molar-refractivity contribution in [2.24, 2.45) is 0 Å². The number of fused-ring (bicyclic) bond motifs is 1. The van der Waals surface area contributed by atoms with Crippen LogP contribution >= 0.6 is 23.1 Å². The summed E-state index contributed by atoms with van der Waals surface area (Å²) in [5.74, 6) is 0.216. The Labute approximate surface area is 180 Å². The smallest absolute Gasteiger partial charge is 0.260 e. The van der Waals surface area contributed by atoms with Crippen molar-refractivity contribution in [1.82, 2.24) is 9.97 Å². The highest BCUT2D eigenvalue weighted by Gasteiger charge is 2.13. The number of halogens is 1. The zero-order valence-electron chi connectivity index (χ0n) is 16.1. The quantitative estimate of drug-likeness (QED) is 0.445. The number of carbonyl (C=O) groups is 1. The van der Waals surface area contributed by atoms with Crippen molar-refractivity contribution >= 4 is 44.9 Å². The third-order valence-electron chi connectivity index (χ3n) is 4.45. The third kappa shape index (κ3) is 4.44. The van der Waals surface area contributed by atoms with Gasteiger partial charge in [-0.3, -0.25) is 9.59 Å². The molecule has 2 N–H and O–H groups in total. The summed E-state index contributed by atoms with van der Waals surface area (Å²) in [5, 5.41) is 5.08. The summed E-state index contributed by atoms with van der Waals surface area (Å²) >= 11 is 2.72. The molecule has 152 valence electrons. The minimum Gasteiger partial charge on any atom is -0.323 e. The maximum atomic E-state index is 13.8. The molecule has 2 aromatic carbocycles. The second-order valence-corrected chi connectivity index (χ2v) is 8.58. The van der Waals surface area contributed by atoms with Crippen molar-refractivity contribution in [2.75, 3.05) is 11.1 Å². The number of nitrogens with zero attached hydrogens (tertiary/aromatic N) is 1. The van der Waals surface area contributed by atoms with Crippen molar-refractivity contribution < 1.29 is 9.18 Å². The Balaban J connectivity index is 1.43. The highest BCUT2D eigenvalue weighted by Crippen LogP contribution is 2.30. The van der Waals surface area contributed by atoms with E-state index in [-0.39, 0.29) is 22.9 Å². The standard InChI is InChI=1S/C22H18FN3O2S2/c1-13-7-8-16(23)17(9-13)24-19(27)12-29-11-18-25-21(28)20-15(10-30-22(20)26-18)14-5-3-2-4-6-14/h2-10H,11-12H2,1H3,(H,24,27)(H,25,26,28). The van der Waals surface area contributed by atoms with E-state index in [0.717, 1.165) is 16.7 Å². The minimum atomic E-state index is -0.470. The zero-order chi connectivity index (χ0) is 21.1. The van der Waals surface area contributed by atoms with E-state index in [9.17, 15) is 14.0 Å². The van der Waals surface area contributed by atoms with Gasteiger partial charge in [-0.25, -0.2) is 9.37 Å². The molecule has 5 nitrogen and oxygen atoms in total. The van der Waals surface area contributed by atoms with E-state index in [4.69, 9.17) is 0 Å². The van der Waals surface area contributed by atoms with Crippen LogP contribution in [0.5, 0.6) is 0 Å². The summed E-state index contributed by atoms with van der Waals surface area (Å²) in [4.78, 5) is 32.8. The number of benzene rings is 2. The highest BCUT2D eigenvalue weighted by molar-refractivity contribution is 7.99. The fraction of sp³-hybridized carbons (Fsp3) is 0.136. The van der Waals surface area contributed by atoms with Crippen molar-refractivity contribution in [3.05, 3.63) is 81.5 Å². The number of thioether (sulfide) groups is 1. The monoisotopic (exact) mass is 439 g/mol. The van der Waals surface area contributed by atoms with E-state index in [2.05, 4.69) is 15.3 Å². The molecule has 0 bridgehead atoms. The van der Waals surface area contributed by atoms with E-state index in [1.807, 2.05) is 42.6 Å². The van der Waals surface area contributed by atoms with Gasteiger partial charge in [0.05, 0.1) is 22.6 Å². The van der Waals surface area contributed by atoms with Crippen LogP contribution in [0.3, 0.4) is 0 Å². The molecule has 0 saturated heterocycles. The molecule has 0 radical (unpaired) electrons. The topological polar surface area (TPSA) is 74.8 Å². The first-order valence-electron chi connectivity index (χ1n) is 9.21. The zero-order valence-corrected chi connectivity index (χ0v) is 17.7. The molecule has 8 heteroatoms. The van der Waals surface area contributed by atoms with Gasteiger partial charge in [0.25, 0.3) is 5.56 Å². The van der Waals surface area contributed by atoms with Gasteiger partial charge in [-0.1, -0.05) is 36.4 Å². The highest BCUT2D eigenvalue weighted by atomic mass is 32.2. The lowest BCUT2D eigenvalue weighted by atomic mass is 10.1. The second kappa shape index (κ2) is 8.81. The molecule has 0 fully saturated rings. The summed E-state index contributed by atoms with van der Waals surface area (Å²) < 4.78 is 13.8. The number of anilines is 1. The molecule has 0 aliphatic carbocycles. The molecule has 2 heterocycles. The van der Waals surface area contributed by atoms with Crippen LogP contribution in [0.1, 0.15) is 11.4 Å². The summed E-state index contributed by atoms with van der Waals surface area (Å²) in [6.07, 6.45) is 0. The lowest BCUT2D eigenvalue weighted by Gasteiger charge is -2.07. The fourth-order valence-electron chi connectivity index (χ4n) is 3.05. The number of hydrogen-bond donors (Lipinski definition) is 2. The van der Waals surface area contributed by atoms with Gasteiger partial charge in [-0.15, -0.1) is 23.1 Å². The molecule has 0 saturated carbocycles. The number of aromatic nitrogens is 2. The molecule has 0 spiro atoms. The molecule has 0 aliphatic heterocycles. The molecule has 2 aromatic heterocycles. The van der Waals surface area contributed by atoms with Crippen LogP contribution in [0.15, 0.2) is 58.7 Å². The van der Waals surface area contributed by atoms with Gasteiger partial charge in [0.15, 0.2) is 0 Å². The Morgan fingerprint density at radius 3 is 2.83 bits per heavy atom. The summed E-state index contributed by atoms with van der Waals surface area (Å²) in [5.41, 5.74) is 2.67. The van der Waals surface area contributed by atoms with E-state index in [0.29, 0.717) is 21.8 Å². The van der Waals surface area contributed by atoms with Gasteiger partial charge in [-0.05, 0) is 30.2 Å². The number of thiophene rings is 1. The average Bonchev–Trinajstić information content (AvgIpc) is 3.16. The molecular weight excluding hydrogens is 421 g/mol. The molecule has 30 heavy (non-hydrogen) atoms.